The van der Waals surface area contributed by atoms with E-state index in [0.717, 1.165) is 0 Å². The number of hydrogen-bond acceptors (Lipinski definition) is 2. The van der Waals surface area contributed by atoms with E-state index in [9.17, 15) is 19.1 Å². The molecule has 0 aromatic heterocycles. The van der Waals surface area contributed by atoms with Crippen molar-refractivity contribution in [3.8, 4) is 16.8 Å². The Morgan fingerprint density at radius 3 is 2.48 bits per heavy atom. The average Bonchev–Trinajstić information content (AvgIpc) is 2.53. The van der Waals surface area contributed by atoms with Crippen LogP contribution in [-0.4, -0.2) is 15.6 Å². The topological polar surface area (TPSA) is 59.3 Å². The minimum atomic E-state index is -1.12. The SMILES string of the molecule is O=C(O)c1c2cc(=O)ccc-2cn(-c2ccc(F)cc2)c1CBr. The molecule has 0 saturated carbocycles. The Bertz CT molecular complexity index is 918. The fourth-order valence-corrected chi connectivity index (χ4v) is 3.11. The van der Waals surface area contributed by atoms with Crippen LogP contribution in [0.5, 0.6) is 0 Å². The molecule has 0 atom stereocenters. The molecule has 1 aliphatic heterocycles. The molecule has 0 unspecified atom stereocenters. The van der Waals surface area contributed by atoms with Gasteiger partial charge in [-0.25, -0.2) is 9.18 Å². The molecule has 1 N–H and O–H groups in total. The minimum absolute atomic E-state index is 0.0569. The van der Waals surface area contributed by atoms with E-state index in [4.69, 9.17) is 0 Å². The number of pyridine rings is 1. The van der Waals surface area contributed by atoms with Crippen molar-refractivity contribution < 1.29 is 14.3 Å². The first-order valence-corrected chi connectivity index (χ1v) is 7.87. The maximum absolute atomic E-state index is 13.1. The fraction of sp³-hybridized carbons (Fsp3) is 0.0588. The number of nitrogens with zero attached hydrogens (tertiary/aromatic N) is 1. The van der Waals surface area contributed by atoms with E-state index in [0.29, 0.717) is 22.5 Å². The summed E-state index contributed by atoms with van der Waals surface area (Å²) in [5, 5.41) is 9.87. The van der Waals surface area contributed by atoms with Crippen molar-refractivity contribution in [3.63, 3.8) is 0 Å². The Balaban J connectivity index is 2.41. The van der Waals surface area contributed by atoms with Gasteiger partial charge in [-0.15, -0.1) is 0 Å². The predicted molar refractivity (Wildman–Crippen MR) is 88.2 cm³/mol. The maximum Gasteiger partial charge on any atom is 0.338 e. The predicted octanol–water partition coefficient (Wildman–Crippen LogP) is 3.67. The molecular formula is C17H11BrFNO3. The van der Waals surface area contributed by atoms with Gasteiger partial charge in [-0.2, -0.15) is 0 Å². The molecule has 1 aromatic rings. The van der Waals surface area contributed by atoms with Crippen LogP contribution in [0.2, 0.25) is 0 Å². The molecule has 4 nitrogen and oxygen atoms in total. The number of carboxylic acids is 1. The molecule has 2 aliphatic rings. The van der Waals surface area contributed by atoms with E-state index in [1.165, 1.54) is 24.3 Å². The molecule has 3 rings (SSSR count). The normalized spacial score (nSPS) is 10.9. The van der Waals surface area contributed by atoms with Gasteiger partial charge in [0.1, 0.15) is 5.82 Å². The second-order valence-electron chi connectivity index (χ2n) is 4.99. The molecule has 1 aliphatic carbocycles. The van der Waals surface area contributed by atoms with Crippen LogP contribution < -0.4 is 5.43 Å². The molecule has 0 fully saturated rings. The van der Waals surface area contributed by atoms with E-state index in [1.54, 1.807) is 29.0 Å². The van der Waals surface area contributed by atoms with Crippen LogP contribution in [0.15, 0.2) is 53.5 Å². The van der Waals surface area contributed by atoms with Gasteiger partial charge in [-0.05, 0) is 48.0 Å². The summed E-state index contributed by atoms with van der Waals surface area (Å²) in [6.07, 6.45) is 1.74. The lowest BCUT2D eigenvalue weighted by molar-refractivity contribution is 0.0696. The highest BCUT2D eigenvalue weighted by Crippen LogP contribution is 2.31. The first kappa shape index (κ1) is 15.4. The maximum atomic E-state index is 13.1. The molecule has 116 valence electrons. The van der Waals surface area contributed by atoms with E-state index in [1.807, 2.05) is 0 Å². The van der Waals surface area contributed by atoms with Gasteiger partial charge in [-0.1, -0.05) is 15.9 Å². The van der Waals surface area contributed by atoms with Crippen molar-refractivity contribution in [3.05, 3.63) is 76.0 Å². The van der Waals surface area contributed by atoms with Crippen LogP contribution in [0.1, 0.15) is 16.1 Å². The number of carbonyl (C=O) groups is 1. The molecule has 0 bridgehead atoms. The standard InChI is InChI=1S/C17H11BrFNO3/c18-8-15-16(17(22)23)14-7-13(21)6-1-10(14)9-20(15)12-4-2-11(19)3-5-12/h1-7,9H,8H2,(H,22,23). The zero-order valence-corrected chi connectivity index (χ0v) is 13.4. The second kappa shape index (κ2) is 5.96. The Hall–Kier alpha value is -2.47. The van der Waals surface area contributed by atoms with E-state index >= 15 is 0 Å². The van der Waals surface area contributed by atoms with Gasteiger partial charge in [0.2, 0.25) is 0 Å². The second-order valence-corrected chi connectivity index (χ2v) is 5.55. The summed E-state index contributed by atoms with van der Waals surface area (Å²) >= 11 is 3.31. The van der Waals surface area contributed by atoms with Gasteiger partial charge in [0.25, 0.3) is 0 Å². The van der Waals surface area contributed by atoms with Crippen molar-refractivity contribution in [2.24, 2.45) is 0 Å². The number of hydrogen-bond donors (Lipinski definition) is 1. The quantitative estimate of drug-likeness (QED) is 0.710. The highest BCUT2D eigenvalue weighted by Gasteiger charge is 2.22. The first-order chi connectivity index (χ1) is 11.0. The number of alkyl halides is 1. The molecule has 6 heteroatoms. The van der Waals surface area contributed by atoms with Crippen LogP contribution in [0.25, 0.3) is 16.8 Å². The number of fused-ring (bicyclic) bond motifs is 1. The molecule has 0 amide bonds. The van der Waals surface area contributed by atoms with Gasteiger partial charge >= 0.3 is 5.97 Å². The monoisotopic (exact) mass is 375 g/mol. The molecule has 0 radical (unpaired) electrons. The van der Waals surface area contributed by atoms with Crippen LogP contribution in [0.4, 0.5) is 4.39 Å². The molecule has 1 aromatic carbocycles. The third kappa shape index (κ3) is 2.77. The van der Waals surface area contributed by atoms with Crippen molar-refractivity contribution in [1.82, 2.24) is 4.57 Å². The minimum Gasteiger partial charge on any atom is -0.478 e. The molecule has 23 heavy (non-hydrogen) atoms. The van der Waals surface area contributed by atoms with Crippen LogP contribution in [0, 0.1) is 5.82 Å². The lowest BCUT2D eigenvalue weighted by atomic mass is 9.97. The Kier molecular flexibility index (Phi) is 4.00. The third-order valence-corrected chi connectivity index (χ3v) is 4.12. The van der Waals surface area contributed by atoms with E-state index in [2.05, 4.69) is 15.9 Å². The summed E-state index contributed by atoms with van der Waals surface area (Å²) in [6.45, 7) is 0. The van der Waals surface area contributed by atoms with Crippen LogP contribution >= 0.6 is 15.9 Å². The molecule has 1 heterocycles. The number of carboxylic acid groups (broad SMARTS) is 1. The summed E-state index contributed by atoms with van der Waals surface area (Å²) in [5.74, 6) is -1.49. The Morgan fingerprint density at radius 1 is 1.17 bits per heavy atom. The molecular weight excluding hydrogens is 365 g/mol. The number of aromatic nitrogens is 1. The summed E-state index contributed by atoms with van der Waals surface area (Å²) in [5.41, 5.74) is 1.92. The van der Waals surface area contributed by atoms with E-state index < -0.39 is 5.97 Å². The molecule has 0 saturated heterocycles. The van der Waals surface area contributed by atoms with E-state index in [-0.39, 0.29) is 22.1 Å². The van der Waals surface area contributed by atoms with Gasteiger partial charge in [0.15, 0.2) is 5.43 Å². The Labute approximate surface area is 139 Å². The van der Waals surface area contributed by atoms with Crippen molar-refractivity contribution in [1.29, 1.82) is 0 Å². The number of halogens is 2. The average molecular weight is 376 g/mol. The summed E-state index contributed by atoms with van der Waals surface area (Å²) in [4.78, 5) is 23.3. The van der Waals surface area contributed by atoms with Crippen LogP contribution in [0.3, 0.4) is 0 Å². The highest BCUT2D eigenvalue weighted by molar-refractivity contribution is 9.08. The smallest absolute Gasteiger partial charge is 0.338 e. The third-order valence-electron chi connectivity index (χ3n) is 3.59. The number of benzene rings is 2. The van der Waals surface area contributed by atoms with Gasteiger partial charge in [-0.3, -0.25) is 4.79 Å². The van der Waals surface area contributed by atoms with Crippen molar-refractivity contribution in [2.75, 3.05) is 0 Å². The first-order valence-electron chi connectivity index (χ1n) is 6.75. The van der Waals surface area contributed by atoms with Crippen LogP contribution in [-0.2, 0) is 5.33 Å². The zero-order valence-electron chi connectivity index (χ0n) is 11.8. The number of rotatable bonds is 3. The summed E-state index contributed by atoms with van der Waals surface area (Å²) < 4.78 is 14.8. The largest absolute Gasteiger partial charge is 0.478 e. The lowest BCUT2D eigenvalue weighted by Crippen LogP contribution is -2.15. The zero-order chi connectivity index (χ0) is 16.6. The lowest BCUT2D eigenvalue weighted by Gasteiger charge is -2.20. The van der Waals surface area contributed by atoms with Gasteiger partial charge in [0, 0.05) is 28.5 Å². The number of aromatic carboxylic acids is 1. The summed E-state index contributed by atoms with van der Waals surface area (Å²) in [6, 6.07) is 10.1. The fourth-order valence-electron chi connectivity index (χ4n) is 2.56. The highest BCUT2D eigenvalue weighted by atomic mass is 79.9. The van der Waals surface area contributed by atoms with Gasteiger partial charge in [0.05, 0.1) is 5.56 Å². The van der Waals surface area contributed by atoms with Gasteiger partial charge < -0.3 is 9.67 Å². The van der Waals surface area contributed by atoms with Crippen molar-refractivity contribution in [2.45, 2.75) is 5.33 Å². The summed E-state index contributed by atoms with van der Waals surface area (Å²) in [7, 11) is 0. The van der Waals surface area contributed by atoms with Crippen molar-refractivity contribution >= 4 is 21.9 Å². The Morgan fingerprint density at radius 2 is 1.87 bits per heavy atom. The molecule has 0 spiro atoms.